The number of anilines is 1. The Bertz CT molecular complexity index is 732. The van der Waals surface area contributed by atoms with E-state index in [-0.39, 0.29) is 21.8 Å². The molecule has 7 heteroatoms. The molecule has 1 aromatic heterocycles. The smallest absolute Gasteiger partial charge is 0.275 e. The Morgan fingerprint density at radius 2 is 1.86 bits per heavy atom. The fraction of sp³-hybridized carbons (Fsp3) is 0.133. The number of nitrogens with zero attached hydrogens (tertiary/aromatic N) is 2. The zero-order chi connectivity index (χ0) is 16.3. The average molecular weight is 338 g/mol. The fourth-order valence-electron chi connectivity index (χ4n) is 1.76. The normalized spacial score (nSPS) is 10.2. The third-order valence-corrected chi connectivity index (χ3v) is 3.32. The van der Waals surface area contributed by atoms with Gasteiger partial charge >= 0.3 is 0 Å². The van der Waals surface area contributed by atoms with Crippen molar-refractivity contribution < 1.29 is 9.59 Å². The summed E-state index contributed by atoms with van der Waals surface area (Å²) in [5.41, 5.74) is 0.960. The second-order valence-corrected chi connectivity index (χ2v) is 5.49. The van der Waals surface area contributed by atoms with Crippen LogP contribution in [-0.2, 0) is 0 Å². The molecule has 0 saturated carbocycles. The number of aromatic nitrogens is 1. The number of carbonyl (C=O) groups excluding carboxylic acids is 2. The molecule has 0 bridgehead atoms. The van der Waals surface area contributed by atoms with E-state index in [0.717, 1.165) is 0 Å². The van der Waals surface area contributed by atoms with E-state index in [9.17, 15) is 9.59 Å². The van der Waals surface area contributed by atoms with E-state index in [2.05, 4.69) is 10.3 Å². The number of nitrogens with one attached hydrogen (secondary N) is 1. The second-order valence-electron chi connectivity index (χ2n) is 4.70. The van der Waals surface area contributed by atoms with E-state index in [1.807, 2.05) is 0 Å². The van der Waals surface area contributed by atoms with Crippen LogP contribution >= 0.6 is 23.2 Å². The van der Waals surface area contributed by atoms with E-state index in [4.69, 9.17) is 23.2 Å². The Labute approximate surface area is 137 Å². The van der Waals surface area contributed by atoms with Crippen LogP contribution in [0.2, 0.25) is 10.2 Å². The van der Waals surface area contributed by atoms with Crippen LogP contribution in [0.25, 0.3) is 0 Å². The molecule has 0 aliphatic heterocycles. The van der Waals surface area contributed by atoms with Crippen LogP contribution in [0, 0.1) is 0 Å². The molecule has 0 fully saturated rings. The SMILES string of the molecule is CN(C)C(=O)c1cccc(NC(=O)c2nc(Cl)ccc2Cl)c1. The fourth-order valence-corrected chi connectivity index (χ4v) is 2.09. The third kappa shape index (κ3) is 3.75. The lowest BCUT2D eigenvalue weighted by Gasteiger charge is -2.12. The summed E-state index contributed by atoms with van der Waals surface area (Å²) in [7, 11) is 3.31. The van der Waals surface area contributed by atoms with Crippen molar-refractivity contribution in [2.75, 3.05) is 19.4 Å². The van der Waals surface area contributed by atoms with Crippen molar-refractivity contribution >= 4 is 40.7 Å². The average Bonchev–Trinajstić information content (AvgIpc) is 2.49. The number of amides is 2. The molecule has 2 rings (SSSR count). The molecule has 1 heterocycles. The second kappa shape index (κ2) is 6.77. The number of hydrogen-bond acceptors (Lipinski definition) is 3. The third-order valence-electron chi connectivity index (χ3n) is 2.80. The summed E-state index contributed by atoms with van der Waals surface area (Å²) in [5, 5.41) is 3.01. The lowest BCUT2D eigenvalue weighted by Crippen LogP contribution is -2.22. The molecule has 1 N–H and O–H groups in total. The van der Waals surface area contributed by atoms with E-state index in [1.165, 1.54) is 17.0 Å². The molecule has 1 aromatic carbocycles. The molecule has 0 radical (unpaired) electrons. The Morgan fingerprint density at radius 3 is 2.55 bits per heavy atom. The van der Waals surface area contributed by atoms with Gasteiger partial charge in [0, 0.05) is 25.3 Å². The van der Waals surface area contributed by atoms with Crippen LogP contribution in [0.15, 0.2) is 36.4 Å². The van der Waals surface area contributed by atoms with Gasteiger partial charge in [-0.1, -0.05) is 29.3 Å². The molecule has 22 heavy (non-hydrogen) atoms. The predicted octanol–water partition coefficient (Wildman–Crippen LogP) is 3.34. The van der Waals surface area contributed by atoms with Gasteiger partial charge in [-0.25, -0.2) is 4.98 Å². The zero-order valence-corrected chi connectivity index (χ0v) is 13.4. The van der Waals surface area contributed by atoms with Gasteiger partial charge in [-0.15, -0.1) is 0 Å². The first-order valence-electron chi connectivity index (χ1n) is 6.33. The molecule has 0 unspecified atom stereocenters. The van der Waals surface area contributed by atoms with Crippen molar-refractivity contribution in [2.45, 2.75) is 0 Å². The molecular weight excluding hydrogens is 325 g/mol. The number of halogens is 2. The minimum Gasteiger partial charge on any atom is -0.345 e. The van der Waals surface area contributed by atoms with E-state index in [1.54, 1.807) is 38.4 Å². The first-order chi connectivity index (χ1) is 10.4. The first kappa shape index (κ1) is 16.3. The molecule has 0 spiro atoms. The maximum absolute atomic E-state index is 12.2. The molecule has 0 aliphatic rings. The summed E-state index contributed by atoms with van der Waals surface area (Å²) in [6.07, 6.45) is 0. The van der Waals surface area contributed by atoms with Gasteiger partial charge < -0.3 is 10.2 Å². The number of rotatable bonds is 3. The van der Waals surface area contributed by atoms with Gasteiger partial charge in [0.25, 0.3) is 11.8 Å². The summed E-state index contributed by atoms with van der Waals surface area (Å²) in [4.78, 5) is 29.5. The van der Waals surface area contributed by atoms with Gasteiger partial charge in [-0.2, -0.15) is 0 Å². The zero-order valence-electron chi connectivity index (χ0n) is 11.9. The van der Waals surface area contributed by atoms with Crippen molar-refractivity contribution in [3.63, 3.8) is 0 Å². The Kier molecular flexibility index (Phi) is 5.00. The van der Waals surface area contributed by atoms with Gasteiger partial charge in [0.05, 0.1) is 5.02 Å². The van der Waals surface area contributed by atoms with E-state index < -0.39 is 5.91 Å². The lowest BCUT2D eigenvalue weighted by molar-refractivity contribution is 0.0827. The van der Waals surface area contributed by atoms with Gasteiger partial charge in [-0.05, 0) is 30.3 Å². The number of carbonyl (C=O) groups is 2. The van der Waals surface area contributed by atoms with Gasteiger partial charge in [0.15, 0.2) is 0 Å². The number of benzene rings is 1. The predicted molar refractivity (Wildman–Crippen MR) is 86.7 cm³/mol. The van der Waals surface area contributed by atoms with Gasteiger partial charge in [0.2, 0.25) is 0 Å². The highest BCUT2D eigenvalue weighted by atomic mass is 35.5. The summed E-state index contributed by atoms with van der Waals surface area (Å²) in [5.74, 6) is -0.656. The van der Waals surface area contributed by atoms with Crippen molar-refractivity contribution in [3.8, 4) is 0 Å². The van der Waals surface area contributed by atoms with Crippen molar-refractivity contribution in [1.82, 2.24) is 9.88 Å². The number of hydrogen-bond donors (Lipinski definition) is 1. The van der Waals surface area contributed by atoms with Crippen molar-refractivity contribution in [1.29, 1.82) is 0 Å². The van der Waals surface area contributed by atoms with Crippen LogP contribution in [0.4, 0.5) is 5.69 Å². The topological polar surface area (TPSA) is 62.3 Å². The summed E-state index contributed by atoms with van der Waals surface area (Å²) in [6, 6.07) is 9.60. The molecule has 2 amide bonds. The van der Waals surface area contributed by atoms with Crippen LogP contribution in [-0.4, -0.2) is 35.8 Å². The molecule has 0 aliphatic carbocycles. The highest BCUT2D eigenvalue weighted by Gasteiger charge is 2.14. The monoisotopic (exact) mass is 337 g/mol. The maximum Gasteiger partial charge on any atom is 0.275 e. The van der Waals surface area contributed by atoms with E-state index >= 15 is 0 Å². The quantitative estimate of drug-likeness (QED) is 0.873. The summed E-state index contributed by atoms with van der Waals surface area (Å²) < 4.78 is 0. The molecule has 2 aromatic rings. The van der Waals surface area contributed by atoms with Crippen molar-refractivity contribution in [3.05, 3.63) is 57.8 Å². The van der Waals surface area contributed by atoms with Gasteiger partial charge in [-0.3, -0.25) is 9.59 Å². The van der Waals surface area contributed by atoms with Gasteiger partial charge in [0.1, 0.15) is 10.8 Å². The Morgan fingerprint density at radius 1 is 1.14 bits per heavy atom. The van der Waals surface area contributed by atoms with Crippen LogP contribution in [0.1, 0.15) is 20.8 Å². The molecule has 0 saturated heterocycles. The standard InChI is InChI=1S/C15H13Cl2N3O2/c1-20(2)15(22)9-4-3-5-10(8-9)18-14(21)13-11(16)6-7-12(17)19-13/h3-8H,1-2H3,(H,18,21). The molecule has 0 atom stereocenters. The lowest BCUT2D eigenvalue weighted by atomic mass is 10.1. The number of pyridine rings is 1. The Balaban J connectivity index is 2.24. The molecular formula is C15H13Cl2N3O2. The minimum absolute atomic E-state index is 0.0264. The van der Waals surface area contributed by atoms with E-state index in [0.29, 0.717) is 11.3 Å². The summed E-state index contributed by atoms with van der Waals surface area (Å²) >= 11 is 11.7. The first-order valence-corrected chi connectivity index (χ1v) is 7.09. The largest absolute Gasteiger partial charge is 0.345 e. The van der Waals surface area contributed by atoms with Crippen LogP contribution < -0.4 is 5.32 Å². The molecule has 114 valence electrons. The maximum atomic E-state index is 12.2. The van der Waals surface area contributed by atoms with Crippen molar-refractivity contribution in [2.24, 2.45) is 0 Å². The highest BCUT2D eigenvalue weighted by molar-refractivity contribution is 6.35. The Hall–Kier alpha value is -2.11. The van der Waals surface area contributed by atoms with Crippen LogP contribution in [0.3, 0.4) is 0 Å². The molecule has 5 nitrogen and oxygen atoms in total. The van der Waals surface area contributed by atoms with Crippen LogP contribution in [0.5, 0.6) is 0 Å². The summed E-state index contributed by atoms with van der Waals surface area (Å²) in [6.45, 7) is 0. The highest BCUT2D eigenvalue weighted by Crippen LogP contribution is 2.19. The minimum atomic E-state index is -0.498.